The van der Waals surface area contributed by atoms with Crippen molar-refractivity contribution in [3.63, 3.8) is 0 Å². The van der Waals surface area contributed by atoms with Crippen molar-refractivity contribution in [3.8, 4) is 11.5 Å². The van der Waals surface area contributed by atoms with E-state index in [2.05, 4.69) is 42.7 Å². The average molecular weight is 370 g/mol. The van der Waals surface area contributed by atoms with E-state index in [1.807, 2.05) is 18.2 Å². The van der Waals surface area contributed by atoms with Gasteiger partial charge in [0.15, 0.2) is 11.5 Å². The molecular weight excluding hydrogens is 340 g/mol. The second kappa shape index (κ2) is 10.6. The number of hydrogen-bond acceptors (Lipinski definition) is 4. The molecule has 2 rings (SSSR count). The lowest BCUT2D eigenvalue weighted by molar-refractivity contribution is -0.115. The van der Waals surface area contributed by atoms with Crippen molar-refractivity contribution in [2.45, 2.75) is 33.1 Å². The van der Waals surface area contributed by atoms with Crippen LogP contribution >= 0.6 is 0 Å². The van der Waals surface area contributed by atoms with Gasteiger partial charge in [-0.05, 0) is 54.6 Å². The van der Waals surface area contributed by atoms with E-state index in [-0.39, 0.29) is 12.5 Å². The topological polar surface area (TPSA) is 59.6 Å². The zero-order valence-electron chi connectivity index (χ0n) is 16.7. The van der Waals surface area contributed by atoms with E-state index in [9.17, 15) is 4.79 Å². The fourth-order valence-corrected chi connectivity index (χ4v) is 3.06. The summed E-state index contributed by atoms with van der Waals surface area (Å²) in [5, 5.41) is 6.29. The maximum Gasteiger partial charge on any atom is 0.238 e. The molecule has 0 aromatic heterocycles. The number of amides is 1. The SMILES string of the molecule is CCc1cccc(CC)c1NC(=O)CNCCc1ccc(OC)c(OC)c1. The van der Waals surface area contributed by atoms with Gasteiger partial charge in [0.25, 0.3) is 0 Å². The number of aryl methyl sites for hydroxylation is 2. The Morgan fingerprint density at radius 3 is 2.22 bits per heavy atom. The third-order valence-electron chi connectivity index (χ3n) is 4.59. The first-order chi connectivity index (χ1) is 13.1. The van der Waals surface area contributed by atoms with Crippen molar-refractivity contribution in [2.24, 2.45) is 0 Å². The predicted octanol–water partition coefficient (Wildman–Crippen LogP) is 3.60. The summed E-state index contributed by atoms with van der Waals surface area (Å²) in [4.78, 5) is 12.3. The van der Waals surface area contributed by atoms with Gasteiger partial charge in [-0.2, -0.15) is 0 Å². The van der Waals surface area contributed by atoms with E-state index in [1.54, 1.807) is 14.2 Å². The van der Waals surface area contributed by atoms with Gasteiger partial charge in [-0.15, -0.1) is 0 Å². The van der Waals surface area contributed by atoms with Crippen LogP contribution in [0.3, 0.4) is 0 Å². The molecule has 0 aliphatic carbocycles. The monoisotopic (exact) mass is 370 g/mol. The molecule has 146 valence electrons. The van der Waals surface area contributed by atoms with E-state index in [0.29, 0.717) is 6.54 Å². The lowest BCUT2D eigenvalue weighted by Crippen LogP contribution is -2.30. The van der Waals surface area contributed by atoms with Crippen LogP contribution in [0.15, 0.2) is 36.4 Å². The highest BCUT2D eigenvalue weighted by Gasteiger charge is 2.10. The highest BCUT2D eigenvalue weighted by Crippen LogP contribution is 2.27. The van der Waals surface area contributed by atoms with Crippen LogP contribution in [-0.2, 0) is 24.1 Å². The van der Waals surface area contributed by atoms with Gasteiger partial charge in [0.1, 0.15) is 0 Å². The molecule has 5 nitrogen and oxygen atoms in total. The fraction of sp³-hybridized carbons (Fsp3) is 0.409. The molecule has 0 unspecified atom stereocenters. The minimum absolute atomic E-state index is 0.0158. The second-order valence-electron chi connectivity index (χ2n) is 6.32. The molecule has 0 bridgehead atoms. The number of carbonyl (C=O) groups is 1. The maximum absolute atomic E-state index is 12.3. The maximum atomic E-state index is 12.3. The summed E-state index contributed by atoms with van der Waals surface area (Å²) in [6, 6.07) is 12.1. The Kier molecular flexibility index (Phi) is 8.14. The van der Waals surface area contributed by atoms with Gasteiger partial charge in [0.05, 0.1) is 20.8 Å². The standard InChI is InChI=1S/C22H30N2O3/c1-5-17-8-7-9-18(6-2)22(17)24-21(25)15-23-13-12-16-10-11-19(26-3)20(14-16)27-4/h7-11,14,23H,5-6,12-13,15H2,1-4H3,(H,24,25). The lowest BCUT2D eigenvalue weighted by atomic mass is 10.0. The molecule has 1 amide bonds. The molecular formula is C22H30N2O3. The third-order valence-corrected chi connectivity index (χ3v) is 4.59. The van der Waals surface area contributed by atoms with E-state index >= 15 is 0 Å². The zero-order valence-corrected chi connectivity index (χ0v) is 16.7. The normalized spacial score (nSPS) is 10.5. The van der Waals surface area contributed by atoms with Gasteiger partial charge < -0.3 is 20.1 Å². The Bertz CT molecular complexity index is 737. The first-order valence-corrected chi connectivity index (χ1v) is 9.45. The third kappa shape index (κ3) is 5.73. The van der Waals surface area contributed by atoms with E-state index in [0.717, 1.165) is 42.0 Å². The van der Waals surface area contributed by atoms with E-state index in [4.69, 9.17) is 9.47 Å². The molecule has 2 aromatic carbocycles. The summed E-state index contributed by atoms with van der Waals surface area (Å²) in [7, 11) is 3.25. The zero-order chi connectivity index (χ0) is 19.6. The van der Waals surface area contributed by atoms with Crippen molar-refractivity contribution in [2.75, 3.05) is 32.6 Å². The summed E-state index contributed by atoms with van der Waals surface area (Å²) in [6.45, 7) is 5.20. The van der Waals surface area contributed by atoms with E-state index in [1.165, 1.54) is 11.1 Å². The molecule has 0 heterocycles. The van der Waals surface area contributed by atoms with Gasteiger partial charge in [0.2, 0.25) is 5.91 Å². The summed E-state index contributed by atoms with van der Waals surface area (Å²) < 4.78 is 10.6. The smallest absolute Gasteiger partial charge is 0.238 e. The van der Waals surface area contributed by atoms with E-state index < -0.39 is 0 Å². The number of para-hydroxylation sites is 1. The van der Waals surface area contributed by atoms with Gasteiger partial charge in [-0.3, -0.25) is 4.79 Å². The Hall–Kier alpha value is -2.53. The molecule has 0 fully saturated rings. The number of ether oxygens (including phenoxy) is 2. The lowest BCUT2D eigenvalue weighted by Gasteiger charge is -2.15. The minimum Gasteiger partial charge on any atom is -0.493 e. The van der Waals surface area contributed by atoms with Gasteiger partial charge in [-0.1, -0.05) is 38.1 Å². The molecule has 0 spiro atoms. The number of nitrogens with one attached hydrogen (secondary N) is 2. The Balaban J connectivity index is 1.85. The Morgan fingerprint density at radius 2 is 1.63 bits per heavy atom. The highest BCUT2D eigenvalue weighted by molar-refractivity contribution is 5.93. The van der Waals surface area contributed by atoms with Crippen molar-refractivity contribution in [1.82, 2.24) is 5.32 Å². The van der Waals surface area contributed by atoms with Crippen molar-refractivity contribution in [3.05, 3.63) is 53.1 Å². The van der Waals surface area contributed by atoms with Gasteiger partial charge in [0, 0.05) is 5.69 Å². The second-order valence-corrected chi connectivity index (χ2v) is 6.32. The highest BCUT2D eigenvalue weighted by atomic mass is 16.5. The van der Waals surface area contributed by atoms with Crippen molar-refractivity contribution < 1.29 is 14.3 Å². The van der Waals surface area contributed by atoms with Crippen LogP contribution in [0.4, 0.5) is 5.69 Å². The van der Waals surface area contributed by atoms with Gasteiger partial charge >= 0.3 is 0 Å². The molecule has 5 heteroatoms. The number of hydrogen-bond donors (Lipinski definition) is 2. The summed E-state index contributed by atoms with van der Waals surface area (Å²) in [5.74, 6) is 1.42. The number of carbonyl (C=O) groups excluding carboxylic acids is 1. The molecule has 0 radical (unpaired) electrons. The molecule has 0 atom stereocenters. The fourth-order valence-electron chi connectivity index (χ4n) is 3.06. The molecule has 27 heavy (non-hydrogen) atoms. The van der Waals surface area contributed by atoms with Crippen LogP contribution in [0.25, 0.3) is 0 Å². The first-order valence-electron chi connectivity index (χ1n) is 9.45. The van der Waals surface area contributed by atoms with Crippen LogP contribution in [0.1, 0.15) is 30.5 Å². The van der Waals surface area contributed by atoms with Crippen LogP contribution in [0, 0.1) is 0 Å². The summed E-state index contributed by atoms with van der Waals surface area (Å²) >= 11 is 0. The van der Waals surface area contributed by atoms with Crippen molar-refractivity contribution in [1.29, 1.82) is 0 Å². The average Bonchev–Trinajstić information content (AvgIpc) is 2.71. The van der Waals surface area contributed by atoms with Crippen LogP contribution in [0.2, 0.25) is 0 Å². The number of rotatable bonds is 10. The van der Waals surface area contributed by atoms with Crippen LogP contribution in [-0.4, -0.2) is 33.2 Å². The molecule has 2 N–H and O–H groups in total. The van der Waals surface area contributed by atoms with Crippen molar-refractivity contribution >= 4 is 11.6 Å². The first kappa shape index (κ1) is 20.8. The molecule has 2 aromatic rings. The predicted molar refractivity (Wildman–Crippen MR) is 110 cm³/mol. The molecule has 0 saturated carbocycles. The minimum atomic E-state index is -0.0158. The number of benzene rings is 2. The quantitative estimate of drug-likeness (QED) is 0.628. The molecule has 0 saturated heterocycles. The Labute approximate surface area is 162 Å². The Morgan fingerprint density at radius 1 is 0.963 bits per heavy atom. The summed E-state index contributed by atoms with van der Waals surface area (Å²) in [6.07, 6.45) is 2.60. The molecule has 0 aliphatic heterocycles. The van der Waals surface area contributed by atoms with Crippen LogP contribution in [0.5, 0.6) is 11.5 Å². The summed E-state index contributed by atoms with van der Waals surface area (Å²) in [5.41, 5.74) is 4.44. The van der Waals surface area contributed by atoms with Crippen LogP contribution < -0.4 is 20.1 Å². The number of methoxy groups -OCH3 is 2. The van der Waals surface area contributed by atoms with Gasteiger partial charge in [-0.25, -0.2) is 0 Å². The molecule has 0 aliphatic rings. The largest absolute Gasteiger partial charge is 0.493 e. The number of anilines is 1.